The number of hydrogen-bond donors (Lipinski definition) is 1. The molecule has 2 aromatic heterocycles. The van der Waals surface area contributed by atoms with Crippen LogP contribution in [0.25, 0.3) is 0 Å². The number of carbonyl (C=O) groups excluding carboxylic acids is 1. The van der Waals surface area contributed by atoms with E-state index in [2.05, 4.69) is 15.0 Å². The van der Waals surface area contributed by atoms with Crippen molar-refractivity contribution in [3.63, 3.8) is 0 Å². The first-order valence-corrected chi connectivity index (χ1v) is 7.83. The number of aromatic amines is 1. The standard InChI is InChI=1S/C14H16N4O2S/c1-9-16-11(5-13(19)17-9)10-3-2-4-18(6-10)14(20)12-7-21-8-15-12/h5,7-8,10H,2-4,6H2,1H3,(H,16,17,19)/t10-/m0/s1. The second-order valence-electron chi connectivity index (χ2n) is 5.22. The zero-order valence-electron chi connectivity index (χ0n) is 11.7. The number of aryl methyl sites for hydroxylation is 1. The minimum atomic E-state index is -0.138. The third-order valence-corrected chi connectivity index (χ3v) is 4.24. The molecule has 1 aliphatic heterocycles. The van der Waals surface area contributed by atoms with E-state index in [0.29, 0.717) is 18.1 Å². The summed E-state index contributed by atoms with van der Waals surface area (Å²) in [6.45, 7) is 3.09. The van der Waals surface area contributed by atoms with Gasteiger partial charge >= 0.3 is 0 Å². The molecule has 3 rings (SSSR count). The number of nitrogens with one attached hydrogen (secondary N) is 1. The molecule has 1 fully saturated rings. The Morgan fingerprint density at radius 2 is 2.38 bits per heavy atom. The van der Waals surface area contributed by atoms with Crippen molar-refractivity contribution in [3.8, 4) is 0 Å². The van der Waals surface area contributed by atoms with Crippen LogP contribution in [0.1, 0.15) is 40.8 Å². The predicted molar refractivity (Wildman–Crippen MR) is 79.6 cm³/mol. The number of likely N-dealkylation sites (tertiary alicyclic amines) is 1. The molecule has 0 saturated carbocycles. The van der Waals surface area contributed by atoms with Crippen LogP contribution in [0.15, 0.2) is 21.8 Å². The van der Waals surface area contributed by atoms with Crippen molar-refractivity contribution < 1.29 is 4.79 Å². The van der Waals surface area contributed by atoms with E-state index < -0.39 is 0 Å². The lowest BCUT2D eigenvalue weighted by molar-refractivity contribution is 0.0700. The Hall–Kier alpha value is -2.02. The molecule has 0 aliphatic carbocycles. The second kappa shape index (κ2) is 5.77. The van der Waals surface area contributed by atoms with Crippen molar-refractivity contribution in [3.05, 3.63) is 44.5 Å². The molecule has 0 radical (unpaired) electrons. The van der Waals surface area contributed by atoms with Gasteiger partial charge in [0.2, 0.25) is 0 Å². The van der Waals surface area contributed by atoms with Crippen molar-refractivity contribution in [2.45, 2.75) is 25.7 Å². The van der Waals surface area contributed by atoms with Gasteiger partial charge in [0, 0.05) is 30.5 Å². The van der Waals surface area contributed by atoms with E-state index in [1.165, 1.54) is 17.4 Å². The number of H-pyrrole nitrogens is 1. The Labute approximate surface area is 125 Å². The van der Waals surface area contributed by atoms with Crippen molar-refractivity contribution in [2.24, 2.45) is 0 Å². The fraction of sp³-hybridized carbons (Fsp3) is 0.429. The predicted octanol–water partition coefficient (Wildman–Crippen LogP) is 1.55. The van der Waals surface area contributed by atoms with E-state index >= 15 is 0 Å². The Balaban J connectivity index is 1.79. The molecular formula is C14H16N4O2S. The van der Waals surface area contributed by atoms with Gasteiger partial charge in [-0.1, -0.05) is 0 Å². The topological polar surface area (TPSA) is 79.0 Å². The SMILES string of the molecule is Cc1nc([C@H]2CCCN(C(=O)c3cscn3)C2)cc(=O)[nH]1. The van der Waals surface area contributed by atoms with Gasteiger partial charge in [-0.3, -0.25) is 9.59 Å². The summed E-state index contributed by atoms with van der Waals surface area (Å²) in [5.74, 6) is 0.685. The number of piperidine rings is 1. The van der Waals surface area contributed by atoms with Crippen molar-refractivity contribution in [2.75, 3.05) is 13.1 Å². The van der Waals surface area contributed by atoms with Gasteiger partial charge in [-0.15, -0.1) is 11.3 Å². The lowest BCUT2D eigenvalue weighted by Gasteiger charge is -2.32. The lowest BCUT2D eigenvalue weighted by Crippen LogP contribution is -2.39. The molecule has 0 unspecified atom stereocenters. The molecular weight excluding hydrogens is 288 g/mol. The van der Waals surface area contributed by atoms with Gasteiger partial charge in [0.05, 0.1) is 11.2 Å². The maximum atomic E-state index is 12.4. The van der Waals surface area contributed by atoms with Crippen LogP contribution in [0, 0.1) is 6.92 Å². The molecule has 1 atom stereocenters. The van der Waals surface area contributed by atoms with Crippen LogP contribution in [0.2, 0.25) is 0 Å². The third kappa shape index (κ3) is 3.02. The maximum absolute atomic E-state index is 12.4. The summed E-state index contributed by atoms with van der Waals surface area (Å²) < 4.78 is 0. The largest absolute Gasteiger partial charge is 0.337 e. The summed E-state index contributed by atoms with van der Waals surface area (Å²) in [5.41, 5.74) is 2.79. The van der Waals surface area contributed by atoms with E-state index in [1.54, 1.807) is 22.7 Å². The summed E-state index contributed by atoms with van der Waals surface area (Å²) in [6, 6.07) is 1.54. The normalized spacial score (nSPS) is 18.7. The number of carbonyl (C=O) groups is 1. The van der Waals surface area contributed by atoms with Crippen LogP contribution in [0.5, 0.6) is 0 Å². The molecule has 1 N–H and O–H groups in total. The second-order valence-corrected chi connectivity index (χ2v) is 5.94. The number of hydrogen-bond acceptors (Lipinski definition) is 5. The number of amides is 1. The minimum absolute atomic E-state index is 0.0393. The van der Waals surface area contributed by atoms with E-state index in [4.69, 9.17) is 0 Å². The average Bonchev–Trinajstić information content (AvgIpc) is 3.00. The molecule has 110 valence electrons. The lowest BCUT2D eigenvalue weighted by atomic mass is 9.94. The molecule has 21 heavy (non-hydrogen) atoms. The van der Waals surface area contributed by atoms with Crippen LogP contribution in [0.4, 0.5) is 0 Å². The molecule has 0 bridgehead atoms. The summed E-state index contributed by atoms with van der Waals surface area (Å²) in [4.78, 5) is 36.9. The van der Waals surface area contributed by atoms with Crippen LogP contribution >= 0.6 is 11.3 Å². The first-order chi connectivity index (χ1) is 10.1. The van der Waals surface area contributed by atoms with Gasteiger partial charge in [-0.25, -0.2) is 9.97 Å². The van der Waals surface area contributed by atoms with Crippen LogP contribution in [-0.2, 0) is 0 Å². The van der Waals surface area contributed by atoms with Crippen LogP contribution in [0.3, 0.4) is 0 Å². The van der Waals surface area contributed by atoms with Crippen molar-refractivity contribution >= 4 is 17.2 Å². The minimum Gasteiger partial charge on any atom is -0.337 e. The number of rotatable bonds is 2. The number of nitrogens with zero attached hydrogens (tertiary/aromatic N) is 3. The quantitative estimate of drug-likeness (QED) is 0.913. The zero-order chi connectivity index (χ0) is 14.8. The Morgan fingerprint density at radius 3 is 3.10 bits per heavy atom. The summed E-state index contributed by atoms with van der Waals surface area (Å²) in [5, 5.41) is 1.77. The fourth-order valence-corrected chi connectivity index (χ4v) is 3.22. The highest BCUT2D eigenvalue weighted by Gasteiger charge is 2.27. The summed E-state index contributed by atoms with van der Waals surface area (Å²) >= 11 is 1.42. The Kier molecular flexibility index (Phi) is 3.83. The summed E-state index contributed by atoms with van der Waals surface area (Å²) in [7, 11) is 0. The highest BCUT2D eigenvalue weighted by Crippen LogP contribution is 2.25. The fourth-order valence-electron chi connectivity index (χ4n) is 2.69. The highest BCUT2D eigenvalue weighted by atomic mass is 32.1. The molecule has 1 saturated heterocycles. The monoisotopic (exact) mass is 304 g/mol. The van der Waals surface area contributed by atoms with Crippen molar-refractivity contribution in [1.29, 1.82) is 0 Å². The van der Waals surface area contributed by atoms with E-state index in [9.17, 15) is 9.59 Å². The van der Waals surface area contributed by atoms with E-state index in [-0.39, 0.29) is 17.4 Å². The maximum Gasteiger partial charge on any atom is 0.273 e. The zero-order valence-corrected chi connectivity index (χ0v) is 12.5. The smallest absolute Gasteiger partial charge is 0.273 e. The van der Waals surface area contributed by atoms with Gasteiger partial charge in [0.15, 0.2) is 0 Å². The first kappa shape index (κ1) is 13.9. The van der Waals surface area contributed by atoms with E-state index in [1.807, 2.05) is 0 Å². The van der Waals surface area contributed by atoms with E-state index in [0.717, 1.165) is 25.1 Å². The third-order valence-electron chi connectivity index (χ3n) is 3.66. The molecule has 3 heterocycles. The molecule has 2 aromatic rings. The van der Waals surface area contributed by atoms with Crippen LogP contribution in [-0.4, -0.2) is 38.8 Å². The highest BCUT2D eigenvalue weighted by molar-refractivity contribution is 7.07. The van der Waals surface area contributed by atoms with Gasteiger partial charge in [-0.2, -0.15) is 0 Å². The molecule has 7 heteroatoms. The van der Waals surface area contributed by atoms with Crippen molar-refractivity contribution in [1.82, 2.24) is 19.9 Å². The van der Waals surface area contributed by atoms with Crippen LogP contribution < -0.4 is 5.56 Å². The Morgan fingerprint density at radius 1 is 1.52 bits per heavy atom. The Bertz CT molecular complexity index is 695. The first-order valence-electron chi connectivity index (χ1n) is 6.89. The molecule has 1 amide bonds. The van der Waals surface area contributed by atoms with Gasteiger partial charge in [0.25, 0.3) is 11.5 Å². The molecule has 0 aromatic carbocycles. The average molecular weight is 304 g/mol. The molecule has 0 spiro atoms. The number of thiazole rings is 1. The van der Waals surface area contributed by atoms with Gasteiger partial charge in [0.1, 0.15) is 11.5 Å². The molecule has 6 nitrogen and oxygen atoms in total. The van der Waals surface area contributed by atoms with Gasteiger partial charge in [-0.05, 0) is 19.8 Å². The summed E-state index contributed by atoms with van der Waals surface area (Å²) in [6.07, 6.45) is 1.85. The van der Waals surface area contributed by atoms with Gasteiger partial charge < -0.3 is 9.88 Å². The number of aromatic nitrogens is 3. The molecule has 1 aliphatic rings.